The molecular formula is C20H16N4OS. The summed E-state index contributed by atoms with van der Waals surface area (Å²) >= 11 is 1.55. The van der Waals surface area contributed by atoms with Crippen molar-refractivity contribution in [2.75, 3.05) is 5.32 Å². The fourth-order valence-corrected chi connectivity index (χ4v) is 3.33. The molecule has 0 spiro atoms. The summed E-state index contributed by atoms with van der Waals surface area (Å²) < 4.78 is 1.93. The second kappa shape index (κ2) is 7.33. The van der Waals surface area contributed by atoms with E-state index in [4.69, 9.17) is 0 Å². The Kier molecular flexibility index (Phi) is 4.57. The van der Waals surface area contributed by atoms with Crippen molar-refractivity contribution in [3.63, 3.8) is 0 Å². The molecule has 0 aliphatic rings. The van der Waals surface area contributed by atoms with E-state index in [2.05, 4.69) is 15.3 Å². The fourth-order valence-electron chi connectivity index (χ4n) is 2.61. The van der Waals surface area contributed by atoms with E-state index in [0.29, 0.717) is 0 Å². The van der Waals surface area contributed by atoms with Crippen molar-refractivity contribution in [3.8, 4) is 0 Å². The normalized spacial score (nSPS) is 11.2. The number of carbonyl (C=O) groups is 1. The summed E-state index contributed by atoms with van der Waals surface area (Å²) in [5.41, 5.74) is 3.41. The highest BCUT2D eigenvalue weighted by atomic mass is 32.1. The van der Waals surface area contributed by atoms with Gasteiger partial charge in [-0.2, -0.15) is 0 Å². The molecule has 128 valence electrons. The lowest BCUT2D eigenvalue weighted by Gasteiger charge is -2.05. The first-order valence-electron chi connectivity index (χ1n) is 8.16. The number of hydrogen-bond acceptors (Lipinski definition) is 4. The lowest BCUT2D eigenvalue weighted by atomic mass is 10.1. The quantitative estimate of drug-likeness (QED) is 0.582. The minimum atomic E-state index is -0.0818. The predicted molar refractivity (Wildman–Crippen MR) is 105 cm³/mol. The molecular weight excluding hydrogens is 344 g/mol. The van der Waals surface area contributed by atoms with Crippen LogP contribution in [0.15, 0.2) is 66.4 Å². The SMILES string of the molecule is O=C(Cc1cn2ccsc2n1)Nc1cccc(C=Cc2ccccn2)c1. The topological polar surface area (TPSA) is 59.3 Å². The van der Waals surface area contributed by atoms with E-state index in [9.17, 15) is 4.79 Å². The van der Waals surface area contributed by atoms with Gasteiger partial charge in [0.2, 0.25) is 5.91 Å². The number of imidazole rings is 1. The van der Waals surface area contributed by atoms with E-state index in [1.807, 2.05) is 76.8 Å². The number of hydrogen-bond donors (Lipinski definition) is 1. The van der Waals surface area contributed by atoms with Crippen LogP contribution in [-0.4, -0.2) is 20.3 Å². The maximum absolute atomic E-state index is 12.3. The van der Waals surface area contributed by atoms with Gasteiger partial charge in [-0.15, -0.1) is 11.3 Å². The zero-order chi connectivity index (χ0) is 17.8. The number of nitrogens with one attached hydrogen (secondary N) is 1. The molecule has 0 aliphatic heterocycles. The van der Waals surface area contributed by atoms with Crippen LogP contribution in [0.4, 0.5) is 5.69 Å². The van der Waals surface area contributed by atoms with E-state index in [1.165, 1.54) is 0 Å². The van der Waals surface area contributed by atoms with Gasteiger partial charge in [-0.05, 0) is 35.9 Å². The number of amides is 1. The molecule has 0 radical (unpaired) electrons. The number of fused-ring (bicyclic) bond motifs is 1. The van der Waals surface area contributed by atoms with Gasteiger partial charge < -0.3 is 5.32 Å². The van der Waals surface area contributed by atoms with Crippen molar-refractivity contribution >= 4 is 40.0 Å². The fraction of sp³-hybridized carbons (Fsp3) is 0.0500. The van der Waals surface area contributed by atoms with Gasteiger partial charge in [0.15, 0.2) is 4.96 Å². The van der Waals surface area contributed by atoms with Crippen molar-refractivity contribution in [2.24, 2.45) is 0 Å². The molecule has 1 N–H and O–H groups in total. The van der Waals surface area contributed by atoms with Crippen LogP contribution in [0.25, 0.3) is 17.1 Å². The van der Waals surface area contributed by atoms with Gasteiger partial charge in [-0.1, -0.05) is 24.3 Å². The third-order valence-electron chi connectivity index (χ3n) is 3.79. The zero-order valence-electron chi connectivity index (χ0n) is 13.9. The Morgan fingerprint density at radius 2 is 2.15 bits per heavy atom. The predicted octanol–water partition coefficient (Wildman–Crippen LogP) is 4.14. The Bertz CT molecular complexity index is 1040. The molecule has 0 saturated heterocycles. The number of thiazole rings is 1. The molecule has 0 bridgehead atoms. The second-order valence-corrected chi connectivity index (χ2v) is 6.64. The van der Waals surface area contributed by atoms with Crippen LogP contribution in [0.2, 0.25) is 0 Å². The first-order valence-corrected chi connectivity index (χ1v) is 9.04. The summed E-state index contributed by atoms with van der Waals surface area (Å²) in [6, 6.07) is 13.5. The van der Waals surface area contributed by atoms with E-state index in [0.717, 1.165) is 27.6 Å². The van der Waals surface area contributed by atoms with Crippen molar-refractivity contribution < 1.29 is 4.79 Å². The molecule has 3 aromatic heterocycles. The van der Waals surface area contributed by atoms with Crippen LogP contribution < -0.4 is 5.32 Å². The highest BCUT2D eigenvalue weighted by Crippen LogP contribution is 2.15. The minimum Gasteiger partial charge on any atom is -0.326 e. The Labute approximate surface area is 154 Å². The summed E-state index contributed by atoms with van der Waals surface area (Å²) in [5, 5.41) is 4.90. The molecule has 0 unspecified atom stereocenters. The highest BCUT2D eigenvalue weighted by molar-refractivity contribution is 7.15. The molecule has 4 rings (SSSR count). The van der Waals surface area contributed by atoms with Gasteiger partial charge in [0, 0.05) is 29.7 Å². The lowest BCUT2D eigenvalue weighted by Crippen LogP contribution is -2.14. The van der Waals surface area contributed by atoms with E-state index < -0.39 is 0 Å². The molecule has 5 nitrogen and oxygen atoms in total. The first-order chi connectivity index (χ1) is 12.8. The average molecular weight is 360 g/mol. The molecule has 1 aromatic carbocycles. The first kappa shape index (κ1) is 16.2. The zero-order valence-corrected chi connectivity index (χ0v) is 14.7. The Balaban J connectivity index is 1.42. The molecule has 26 heavy (non-hydrogen) atoms. The largest absolute Gasteiger partial charge is 0.326 e. The number of rotatable bonds is 5. The molecule has 0 aliphatic carbocycles. The van der Waals surface area contributed by atoms with Crippen LogP contribution in [-0.2, 0) is 11.2 Å². The maximum atomic E-state index is 12.3. The number of pyridine rings is 1. The Morgan fingerprint density at radius 1 is 1.19 bits per heavy atom. The maximum Gasteiger partial charge on any atom is 0.230 e. The van der Waals surface area contributed by atoms with E-state index in [1.54, 1.807) is 17.5 Å². The summed E-state index contributed by atoms with van der Waals surface area (Å²) in [6.07, 6.45) is 9.75. The monoisotopic (exact) mass is 360 g/mol. The van der Waals surface area contributed by atoms with Crippen LogP contribution in [0.1, 0.15) is 17.0 Å². The number of anilines is 1. The van der Waals surface area contributed by atoms with Gasteiger partial charge in [-0.25, -0.2) is 4.98 Å². The van der Waals surface area contributed by atoms with E-state index in [-0.39, 0.29) is 12.3 Å². The van der Waals surface area contributed by atoms with Gasteiger partial charge in [0.05, 0.1) is 17.8 Å². The third-order valence-corrected chi connectivity index (χ3v) is 4.56. The number of benzene rings is 1. The Morgan fingerprint density at radius 3 is 3.00 bits per heavy atom. The number of nitrogens with zero attached hydrogens (tertiary/aromatic N) is 3. The van der Waals surface area contributed by atoms with Gasteiger partial charge in [0.25, 0.3) is 0 Å². The molecule has 4 aromatic rings. The molecule has 1 amide bonds. The van der Waals surface area contributed by atoms with Crippen molar-refractivity contribution in [3.05, 3.63) is 83.4 Å². The minimum absolute atomic E-state index is 0.0818. The standard InChI is InChI=1S/C20H16N4OS/c25-19(13-18-14-24-10-11-26-20(24)23-18)22-17-6-3-4-15(12-17)7-8-16-5-1-2-9-21-16/h1-12,14H,13H2,(H,22,25). The summed E-state index contributed by atoms with van der Waals surface area (Å²) in [4.78, 5) is 21.9. The van der Waals surface area contributed by atoms with Crippen LogP contribution in [0, 0.1) is 0 Å². The van der Waals surface area contributed by atoms with E-state index >= 15 is 0 Å². The average Bonchev–Trinajstić information content (AvgIpc) is 3.22. The second-order valence-electron chi connectivity index (χ2n) is 5.76. The molecule has 6 heteroatoms. The highest BCUT2D eigenvalue weighted by Gasteiger charge is 2.08. The van der Waals surface area contributed by atoms with Crippen LogP contribution >= 0.6 is 11.3 Å². The molecule has 3 heterocycles. The Hall–Kier alpha value is -3.25. The summed E-state index contributed by atoms with van der Waals surface area (Å²) in [6.45, 7) is 0. The molecule has 0 fully saturated rings. The molecule has 0 atom stereocenters. The molecule has 0 saturated carbocycles. The van der Waals surface area contributed by atoms with Gasteiger partial charge in [-0.3, -0.25) is 14.2 Å². The number of carbonyl (C=O) groups excluding carboxylic acids is 1. The number of aromatic nitrogens is 3. The van der Waals surface area contributed by atoms with Gasteiger partial charge >= 0.3 is 0 Å². The summed E-state index contributed by atoms with van der Waals surface area (Å²) in [5.74, 6) is -0.0818. The van der Waals surface area contributed by atoms with Crippen LogP contribution in [0.5, 0.6) is 0 Å². The van der Waals surface area contributed by atoms with Gasteiger partial charge in [0.1, 0.15) is 0 Å². The third kappa shape index (κ3) is 3.87. The van der Waals surface area contributed by atoms with Crippen molar-refractivity contribution in [2.45, 2.75) is 6.42 Å². The lowest BCUT2D eigenvalue weighted by molar-refractivity contribution is -0.115. The summed E-state index contributed by atoms with van der Waals surface area (Å²) in [7, 11) is 0. The van der Waals surface area contributed by atoms with Crippen LogP contribution in [0.3, 0.4) is 0 Å². The smallest absolute Gasteiger partial charge is 0.230 e. The van der Waals surface area contributed by atoms with Crippen molar-refractivity contribution in [1.82, 2.24) is 14.4 Å². The van der Waals surface area contributed by atoms with Crippen molar-refractivity contribution in [1.29, 1.82) is 0 Å².